The molecular formula is C19H21NOS2. The third-order valence-electron chi connectivity index (χ3n) is 3.95. The van der Waals surface area contributed by atoms with Crippen molar-refractivity contribution in [2.24, 2.45) is 0 Å². The van der Waals surface area contributed by atoms with Gasteiger partial charge in [0, 0.05) is 13.1 Å². The van der Waals surface area contributed by atoms with Crippen LogP contribution in [0.3, 0.4) is 0 Å². The van der Waals surface area contributed by atoms with Crippen LogP contribution in [0.5, 0.6) is 5.75 Å². The van der Waals surface area contributed by atoms with E-state index >= 15 is 0 Å². The number of piperidine rings is 1. The standard InChI is InChI=1S/C19H21NOS2/c22-19(20-11-4-1-5-12-20)23-14-6-13-21-18-10-9-16-7-2-3-8-17(16)15-18/h2-3,6-10,14-15H,1,4-5,11-13H2/b14-6-. The number of ether oxygens (including phenoxy) is 1. The number of rotatable bonds is 4. The van der Waals surface area contributed by atoms with Crippen molar-refractivity contribution < 1.29 is 4.74 Å². The number of nitrogens with zero attached hydrogens (tertiary/aromatic N) is 1. The maximum absolute atomic E-state index is 5.78. The van der Waals surface area contributed by atoms with Crippen LogP contribution >= 0.6 is 24.0 Å². The molecule has 0 atom stereocenters. The van der Waals surface area contributed by atoms with Gasteiger partial charge in [0.1, 0.15) is 16.7 Å². The van der Waals surface area contributed by atoms with Crippen molar-refractivity contribution in [1.29, 1.82) is 0 Å². The van der Waals surface area contributed by atoms with Crippen molar-refractivity contribution in [2.75, 3.05) is 19.7 Å². The molecule has 0 amide bonds. The van der Waals surface area contributed by atoms with Crippen LogP contribution in [0.25, 0.3) is 10.8 Å². The smallest absolute Gasteiger partial charge is 0.140 e. The highest BCUT2D eigenvalue weighted by Crippen LogP contribution is 2.21. The van der Waals surface area contributed by atoms with E-state index < -0.39 is 0 Å². The van der Waals surface area contributed by atoms with E-state index in [0.29, 0.717) is 6.61 Å². The number of likely N-dealkylation sites (tertiary alicyclic amines) is 1. The van der Waals surface area contributed by atoms with Crippen LogP contribution in [0.4, 0.5) is 0 Å². The Morgan fingerprint density at radius 2 is 1.87 bits per heavy atom. The lowest BCUT2D eigenvalue weighted by atomic mass is 10.1. The highest BCUT2D eigenvalue weighted by molar-refractivity contribution is 8.24. The Morgan fingerprint density at radius 1 is 1.09 bits per heavy atom. The lowest BCUT2D eigenvalue weighted by Gasteiger charge is -2.27. The van der Waals surface area contributed by atoms with Gasteiger partial charge in [-0.3, -0.25) is 0 Å². The third-order valence-corrected chi connectivity index (χ3v) is 5.28. The fraction of sp³-hybridized carbons (Fsp3) is 0.316. The third kappa shape index (κ3) is 4.72. The Balaban J connectivity index is 1.45. The van der Waals surface area contributed by atoms with Crippen LogP contribution in [0.2, 0.25) is 0 Å². The largest absolute Gasteiger partial charge is 0.489 e. The lowest BCUT2D eigenvalue weighted by Crippen LogP contribution is -2.32. The van der Waals surface area contributed by atoms with Crippen LogP contribution in [-0.2, 0) is 0 Å². The number of thioether (sulfide) groups is 1. The first kappa shape index (κ1) is 16.3. The van der Waals surface area contributed by atoms with Gasteiger partial charge in [-0.1, -0.05) is 54.3 Å². The average molecular weight is 344 g/mol. The van der Waals surface area contributed by atoms with Gasteiger partial charge >= 0.3 is 0 Å². The molecule has 1 heterocycles. The highest BCUT2D eigenvalue weighted by atomic mass is 32.2. The summed E-state index contributed by atoms with van der Waals surface area (Å²) < 4.78 is 6.76. The second kappa shape index (κ2) is 8.37. The molecule has 23 heavy (non-hydrogen) atoms. The predicted octanol–water partition coefficient (Wildman–Crippen LogP) is 5.24. The maximum Gasteiger partial charge on any atom is 0.140 e. The summed E-state index contributed by atoms with van der Waals surface area (Å²) in [6.45, 7) is 2.77. The normalized spacial score (nSPS) is 15.2. The molecule has 0 unspecified atom stereocenters. The van der Waals surface area contributed by atoms with Crippen LogP contribution in [0.15, 0.2) is 53.9 Å². The van der Waals surface area contributed by atoms with Gasteiger partial charge in [-0.25, -0.2) is 0 Å². The minimum Gasteiger partial charge on any atom is -0.489 e. The molecule has 1 aliphatic heterocycles. The maximum atomic E-state index is 5.78. The molecule has 2 aromatic carbocycles. The molecule has 2 nitrogen and oxygen atoms in total. The van der Waals surface area contributed by atoms with E-state index in [0.717, 1.165) is 23.2 Å². The molecule has 0 N–H and O–H groups in total. The topological polar surface area (TPSA) is 12.5 Å². The lowest BCUT2D eigenvalue weighted by molar-refractivity contribution is 0.352. The minimum atomic E-state index is 0.563. The van der Waals surface area contributed by atoms with E-state index in [1.807, 2.05) is 29.7 Å². The van der Waals surface area contributed by atoms with Gasteiger partial charge < -0.3 is 9.64 Å². The van der Waals surface area contributed by atoms with Crippen LogP contribution in [0, 0.1) is 0 Å². The van der Waals surface area contributed by atoms with E-state index in [2.05, 4.69) is 29.2 Å². The highest BCUT2D eigenvalue weighted by Gasteiger charge is 2.12. The summed E-state index contributed by atoms with van der Waals surface area (Å²) in [5.41, 5.74) is 0. The van der Waals surface area contributed by atoms with Crippen molar-refractivity contribution in [2.45, 2.75) is 19.3 Å². The Hall–Kier alpha value is -1.52. The second-order valence-corrected chi connectivity index (χ2v) is 7.16. The van der Waals surface area contributed by atoms with Gasteiger partial charge in [0.05, 0.1) is 0 Å². The predicted molar refractivity (Wildman–Crippen MR) is 104 cm³/mol. The molecule has 0 spiro atoms. The molecular weight excluding hydrogens is 322 g/mol. The molecule has 1 aliphatic rings. The number of thiocarbonyl (C=S) groups is 1. The van der Waals surface area contributed by atoms with Crippen molar-refractivity contribution >= 4 is 39.1 Å². The first-order chi connectivity index (χ1) is 11.3. The van der Waals surface area contributed by atoms with Gasteiger partial charge in [-0.15, -0.1) is 0 Å². The van der Waals surface area contributed by atoms with Gasteiger partial charge in [-0.05, 0) is 53.7 Å². The zero-order valence-corrected chi connectivity index (χ0v) is 14.7. The zero-order chi connectivity index (χ0) is 15.9. The Kier molecular flexibility index (Phi) is 5.94. The van der Waals surface area contributed by atoms with E-state index in [4.69, 9.17) is 17.0 Å². The van der Waals surface area contributed by atoms with Crippen molar-refractivity contribution in [3.63, 3.8) is 0 Å². The molecule has 0 aromatic heterocycles. The van der Waals surface area contributed by atoms with Gasteiger partial charge in [0.15, 0.2) is 0 Å². The van der Waals surface area contributed by atoms with E-state index in [-0.39, 0.29) is 0 Å². The van der Waals surface area contributed by atoms with Crippen molar-refractivity contribution in [1.82, 2.24) is 4.90 Å². The van der Waals surface area contributed by atoms with Crippen LogP contribution in [-0.4, -0.2) is 28.9 Å². The number of hydrogen-bond acceptors (Lipinski definition) is 3. The number of benzene rings is 2. The summed E-state index contributed by atoms with van der Waals surface area (Å²) in [7, 11) is 0. The molecule has 0 aliphatic carbocycles. The monoisotopic (exact) mass is 343 g/mol. The molecule has 1 saturated heterocycles. The summed E-state index contributed by atoms with van der Waals surface area (Å²) in [5.74, 6) is 0.900. The minimum absolute atomic E-state index is 0.563. The first-order valence-electron chi connectivity index (χ1n) is 8.05. The van der Waals surface area contributed by atoms with E-state index in [1.54, 1.807) is 11.8 Å². The quantitative estimate of drug-likeness (QED) is 0.704. The molecule has 2 aromatic rings. The van der Waals surface area contributed by atoms with Crippen molar-refractivity contribution in [3.8, 4) is 5.75 Å². The fourth-order valence-corrected chi connectivity index (χ4v) is 3.67. The van der Waals surface area contributed by atoms with Gasteiger partial charge in [-0.2, -0.15) is 0 Å². The molecule has 0 saturated carbocycles. The summed E-state index contributed by atoms with van der Waals surface area (Å²) in [4.78, 5) is 2.30. The second-order valence-electron chi connectivity index (χ2n) is 5.62. The first-order valence-corrected chi connectivity index (χ1v) is 9.34. The Bertz CT molecular complexity index is 693. The summed E-state index contributed by atoms with van der Waals surface area (Å²) in [5, 5.41) is 4.48. The SMILES string of the molecule is S=C(S/C=C\COc1ccc2ccccc2c1)N1CCCCC1. The molecule has 1 fully saturated rings. The molecule has 120 valence electrons. The molecule has 4 heteroatoms. The Labute approximate surface area is 147 Å². The summed E-state index contributed by atoms with van der Waals surface area (Å²) >= 11 is 7.08. The molecule has 0 radical (unpaired) electrons. The molecule has 3 rings (SSSR count). The fourth-order valence-electron chi connectivity index (χ4n) is 2.70. The average Bonchev–Trinajstić information content (AvgIpc) is 2.62. The van der Waals surface area contributed by atoms with Gasteiger partial charge in [0.2, 0.25) is 0 Å². The van der Waals surface area contributed by atoms with Crippen LogP contribution in [0.1, 0.15) is 19.3 Å². The summed E-state index contributed by atoms with van der Waals surface area (Å²) in [6, 6.07) is 14.5. The van der Waals surface area contributed by atoms with Crippen molar-refractivity contribution in [3.05, 3.63) is 53.9 Å². The number of fused-ring (bicyclic) bond motifs is 1. The van der Waals surface area contributed by atoms with Crippen LogP contribution < -0.4 is 4.74 Å². The number of hydrogen-bond donors (Lipinski definition) is 0. The summed E-state index contributed by atoms with van der Waals surface area (Å²) in [6.07, 6.45) is 5.88. The zero-order valence-electron chi connectivity index (χ0n) is 13.1. The molecule has 0 bridgehead atoms. The Morgan fingerprint density at radius 3 is 2.70 bits per heavy atom. The van der Waals surface area contributed by atoms with E-state index in [1.165, 1.54) is 30.0 Å². The van der Waals surface area contributed by atoms with Gasteiger partial charge in [0.25, 0.3) is 0 Å². The van der Waals surface area contributed by atoms with E-state index in [9.17, 15) is 0 Å².